The number of hydrogen-bond donors (Lipinski definition) is 9. The molecule has 0 fully saturated rings. The Hall–Kier alpha value is -8.64. The van der Waals surface area contributed by atoms with Gasteiger partial charge in [-0.05, 0) is 130 Å². The predicted octanol–water partition coefficient (Wildman–Crippen LogP) is 10.6. The number of azo groups is 4. The Morgan fingerprint density at radius 2 is 0.653 bits per heavy atom. The fraction of sp³-hybridized carbons (Fsp3) is 0.315. The number of amides is 2. The normalized spacial score (nSPS) is 12.8. The molecule has 0 saturated carbocycles. The van der Waals surface area contributed by atoms with E-state index in [9.17, 15) is 95.6 Å². The summed E-state index contributed by atoms with van der Waals surface area (Å²) in [6, 6.07) is 15.3. The van der Waals surface area contributed by atoms with Crippen molar-refractivity contribution in [3.8, 4) is 28.7 Å². The van der Waals surface area contributed by atoms with Gasteiger partial charge in [0, 0.05) is 30.3 Å². The molecule has 0 atom stereocenters. The van der Waals surface area contributed by atoms with E-state index >= 15 is 0 Å². The van der Waals surface area contributed by atoms with E-state index in [2.05, 4.69) is 51.5 Å². The molecule has 6 rings (SSSR count). The number of rotatable bonds is 34. The Morgan fingerprint density at radius 3 is 0.980 bits per heavy atom. The number of urea groups is 1. The molecule has 0 aliphatic heterocycles. The van der Waals surface area contributed by atoms with Crippen molar-refractivity contribution in [2.45, 2.75) is 68.1 Å². The second-order valence-corrected chi connectivity index (χ2v) is 31.2. The maximum absolute atomic E-state index is 14.1. The molecule has 532 valence electrons. The van der Waals surface area contributed by atoms with Crippen LogP contribution >= 0.6 is 0 Å². The lowest BCUT2D eigenvalue weighted by Gasteiger charge is -2.17. The Labute approximate surface area is 561 Å². The highest BCUT2D eigenvalue weighted by atomic mass is 32.2. The van der Waals surface area contributed by atoms with E-state index < -0.39 is 120 Å². The average Bonchev–Trinajstić information content (AvgIpc) is 0.814. The van der Waals surface area contributed by atoms with Crippen molar-refractivity contribution in [2.24, 2.45) is 40.9 Å². The van der Waals surface area contributed by atoms with Gasteiger partial charge in [-0.15, -0.1) is 20.5 Å². The zero-order chi connectivity index (χ0) is 72.8. The number of carbonyl (C=O) groups is 1. The number of nitrogens with zero attached hydrogens (tertiary/aromatic N) is 8. The monoisotopic (exact) mass is 1510 g/mol. The highest BCUT2D eigenvalue weighted by Gasteiger charge is 2.24. The number of benzene rings is 6. The maximum Gasteiger partial charge on any atom is 0.323 e. The summed E-state index contributed by atoms with van der Waals surface area (Å²) in [5.41, 5.74) is 0.185. The van der Waals surface area contributed by atoms with Gasteiger partial charge < -0.3 is 34.3 Å². The van der Waals surface area contributed by atoms with Gasteiger partial charge in [-0.25, -0.2) is 4.79 Å². The third-order valence-electron chi connectivity index (χ3n) is 12.9. The van der Waals surface area contributed by atoms with E-state index in [0.29, 0.717) is 17.2 Å². The molecule has 0 saturated heterocycles. The zero-order valence-corrected chi connectivity index (χ0v) is 57.5. The lowest BCUT2D eigenvalue weighted by molar-refractivity contribution is 0.261. The van der Waals surface area contributed by atoms with Gasteiger partial charge in [0.15, 0.2) is 0 Å². The standard InChI is InChI=1S/C54H62N10O27S7/c1-32-22-44(48(88-14-6-18-92(66,67)68)28-40(32)61-63-46-24-34(3)42(30-50(46)90-16-8-20-94(72,73)74)59-57-38-12-10-36(87-5)26-52(38)97(81,82)83)55-54(65)56-45-23-33(2)41(29-49(45)89-15-7-19-93(69,70)71)62-64-47-25-35(4)43(31-51(47)91-17-9-21-95(75,76)77)60-58-39-13-11-37(96(78,79)80)27-53(39)98(84,85)86/h10-13,22-31H,6-9,14-21H2,1-5H3,(H2,55,56,65)(H,66,67,68)(H,69,70,71)(H,72,73,74)(H,75,76,77)(H,78,79,80)(H,81,82,83)(H,84,85,86). The summed E-state index contributed by atoms with van der Waals surface area (Å²) in [6.45, 7) is 4.66. The molecule has 0 spiro atoms. The summed E-state index contributed by atoms with van der Waals surface area (Å²) in [5.74, 6) is -3.37. The first-order valence-corrected chi connectivity index (χ1v) is 38.6. The molecule has 0 heterocycles. The third kappa shape index (κ3) is 25.0. The Bertz CT molecular complexity index is 4980. The summed E-state index contributed by atoms with van der Waals surface area (Å²) >= 11 is 0. The fourth-order valence-corrected chi connectivity index (χ4v) is 12.0. The quantitative estimate of drug-likeness (QED) is 0.0103. The number of anilines is 2. The van der Waals surface area contributed by atoms with E-state index in [1.54, 1.807) is 13.8 Å². The van der Waals surface area contributed by atoms with Crippen LogP contribution in [0.25, 0.3) is 0 Å². The molecule has 0 aliphatic carbocycles. The van der Waals surface area contributed by atoms with Crippen molar-refractivity contribution < 1.29 is 119 Å². The lowest BCUT2D eigenvalue weighted by atomic mass is 10.1. The summed E-state index contributed by atoms with van der Waals surface area (Å²) < 4.78 is 260. The van der Waals surface area contributed by atoms with Gasteiger partial charge in [0.25, 0.3) is 70.8 Å². The minimum Gasteiger partial charge on any atom is -0.497 e. The molecule has 44 heteroatoms. The Morgan fingerprint density at radius 1 is 0.357 bits per heavy atom. The van der Waals surface area contributed by atoms with Crippen molar-refractivity contribution in [3.05, 3.63) is 107 Å². The van der Waals surface area contributed by atoms with Crippen LogP contribution in [0.3, 0.4) is 0 Å². The summed E-state index contributed by atoms with van der Waals surface area (Å²) in [4.78, 5) is 11.5. The van der Waals surface area contributed by atoms with Crippen LogP contribution in [0.1, 0.15) is 47.9 Å². The molecule has 37 nitrogen and oxygen atoms in total. The van der Waals surface area contributed by atoms with Gasteiger partial charge in [-0.2, -0.15) is 79.4 Å². The van der Waals surface area contributed by atoms with Crippen molar-refractivity contribution in [1.29, 1.82) is 0 Å². The zero-order valence-electron chi connectivity index (χ0n) is 51.8. The molecule has 6 aromatic rings. The second-order valence-electron chi connectivity index (χ2n) is 20.7. The number of ether oxygens (including phenoxy) is 5. The average molecular weight is 1510 g/mol. The van der Waals surface area contributed by atoms with E-state index in [0.717, 1.165) is 18.2 Å². The fourth-order valence-electron chi connectivity index (χ4n) is 8.19. The van der Waals surface area contributed by atoms with Crippen LogP contribution in [0.4, 0.5) is 61.7 Å². The Balaban J connectivity index is 1.36. The number of hydrogen-bond acceptors (Lipinski definition) is 28. The SMILES string of the molecule is COc1ccc(N=Nc2cc(OCCCS(=O)(=O)O)c(N=Nc3cc(OCCCS(=O)(=O)O)c(NC(=O)Nc4cc(C)c(N=Nc5cc(C)c(N=Nc6ccc(S(=O)(=O)O)cc6S(=O)(=O)O)cc5OCCCS(=O)(=O)O)cc4OCCCS(=O)(=O)O)cc3C)cc2C)c(S(=O)(=O)O)c1. The topological polar surface area (TPSA) is 567 Å². The van der Waals surface area contributed by atoms with Crippen LogP contribution in [0.5, 0.6) is 28.7 Å². The molecular formula is C54H62N10O27S7. The van der Waals surface area contributed by atoms with E-state index in [-0.39, 0.29) is 143 Å². The first-order chi connectivity index (χ1) is 45.4. The van der Waals surface area contributed by atoms with Crippen molar-refractivity contribution in [2.75, 3.05) is 67.2 Å². The number of carbonyl (C=O) groups excluding carboxylic acids is 1. The Kier molecular flexibility index (Phi) is 26.2. The van der Waals surface area contributed by atoms with Crippen molar-refractivity contribution in [1.82, 2.24) is 0 Å². The molecule has 0 aromatic heterocycles. The van der Waals surface area contributed by atoms with Gasteiger partial charge in [0.2, 0.25) is 0 Å². The van der Waals surface area contributed by atoms with Crippen molar-refractivity contribution >= 4 is 134 Å². The molecule has 0 unspecified atom stereocenters. The van der Waals surface area contributed by atoms with Gasteiger partial charge in [-0.3, -0.25) is 31.9 Å². The maximum atomic E-state index is 14.1. The first-order valence-electron chi connectivity index (χ1n) is 27.8. The molecular weight excluding hydrogens is 1450 g/mol. The van der Waals surface area contributed by atoms with Crippen molar-refractivity contribution in [3.63, 3.8) is 0 Å². The van der Waals surface area contributed by atoms with E-state index in [1.165, 1.54) is 81.6 Å². The minimum atomic E-state index is -5.17. The molecule has 0 radical (unpaired) electrons. The molecule has 9 N–H and O–H groups in total. The number of methoxy groups -OCH3 is 1. The number of aryl methyl sites for hydroxylation is 4. The lowest BCUT2D eigenvalue weighted by Crippen LogP contribution is -2.21. The highest BCUT2D eigenvalue weighted by molar-refractivity contribution is 7.87. The van der Waals surface area contributed by atoms with Gasteiger partial charge in [0.1, 0.15) is 61.3 Å². The van der Waals surface area contributed by atoms with Crippen LogP contribution in [-0.2, 0) is 70.8 Å². The van der Waals surface area contributed by atoms with Gasteiger partial charge in [0.05, 0.1) is 95.6 Å². The molecule has 98 heavy (non-hydrogen) atoms. The largest absolute Gasteiger partial charge is 0.497 e. The van der Waals surface area contributed by atoms with Crippen LogP contribution in [-0.4, -0.2) is 153 Å². The number of nitrogens with one attached hydrogen (secondary N) is 2. The summed E-state index contributed by atoms with van der Waals surface area (Å²) in [7, 11) is -31.5. The molecule has 0 bridgehead atoms. The highest BCUT2D eigenvalue weighted by Crippen LogP contribution is 2.43. The molecule has 6 aromatic carbocycles. The minimum absolute atomic E-state index is 0.00198. The summed E-state index contributed by atoms with van der Waals surface area (Å²) in [6.07, 6.45) is -1.02. The smallest absolute Gasteiger partial charge is 0.323 e. The van der Waals surface area contributed by atoms with E-state index in [1.807, 2.05) is 0 Å². The van der Waals surface area contributed by atoms with Crippen LogP contribution in [0.15, 0.2) is 141 Å². The predicted molar refractivity (Wildman–Crippen MR) is 349 cm³/mol. The third-order valence-corrected chi connectivity index (χ3v) is 18.7. The van der Waals surface area contributed by atoms with E-state index in [4.69, 9.17) is 23.7 Å². The van der Waals surface area contributed by atoms with Crippen LogP contribution in [0, 0.1) is 27.7 Å². The van der Waals surface area contributed by atoms with Gasteiger partial charge >= 0.3 is 6.03 Å². The first kappa shape index (κ1) is 78.4. The molecule has 2 amide bonds. The summed E-state index contributed by atoms with van der Waals surface area (Å²) in [5, 5.41) is 38.5. The van der Waals surface area contributed by atoms with Crippen LogP contribution < -0.4 is 34.3 Å². The second kappa shape index (κ2) is 32.8. The van der Waals surface area contributed by atoms with Gasteiger partial charge in [-0.1, -0.05) is 0 Å². The van der Waals surface area contributed by atoms with Crippen LogP contribution in [0.2, 0.25) is 0 Å². The molecule has 0 aliphatic rings.